The number of fused-ring (bicyclic) bond motifs is 1. The Balaban J connectivity index is 1.65. The van der Waals surface area contributed by atoms with Crippen LogP contribution in [0.5, 0.6) is 0 Å². The number of nitrogens with zero attached hydrogens (tertiary/aromatic N) is 2. The number of hydrogen-bond acceptors (Lipinski definition) is 3. The van der Waals surface area contributed by atoms with Crippen LogP contribution < -0.4 is 0 Å². The summed E-state index contributed by atoms with van der Waals surface area (Å²) in [5.74, 6) is 1.26. The van der Waals surface area contributed by atoms with Crippen LogP contribution in [0.2, 0.25) is 0 Å². The Bertz CT molecular complexity index is 454. The monoisotopic (exact) mass is 304 g/mol. The van der Waals surface area contributed by atoms with Crippen molar-refractivity contribution in [2.75, 3.05) is 32.4 Å². The van der Waals surface area contributed by atoms with Gasteiger partial charge in [0.2, 0.25) is 0 Å². The maximum atomic E-state index is 2.68. The van der Waals surface area contributed by atoms with Gasteiger partial charge in [-0.1, -0.05) is 25.1 Å². The molecule has 2 aliphatic rings. The largest absolute Gasteiger partial charge is 0.303 e. The molecule has 0 radical (unpaired) electrons. The minimum Gasteiger partial charge on any atom is -0.303 e. The van der Waals surface area contributed by atoms with Crippen molar-refractivity contribution >= 4 is 11.8 Å². The predicted octanol–water partition coefficient (Wildman–Crippen LogP) is 4.03. The van der Waals surface area contributed by atoms with Crippen molar-refractivity contribution in [3.8, 4) is 0 Å². The van der Waals surface area contributed by atoms with Gasteiger partial charge in [0.1, 0.15) is 0 Å². The molecule has 1 fully saturated rings. The van der Waals surface area contributed by atoms with Crippen LogP contribution in [0.15, 0.2) is 29.2 Å². The van der Waals surface area contributed by atoms with Gasteiger partial charge in [-0.25, -0.2) is 0 Å². The average Bonchev–Trinajstić information content (AvgIpc) is 2.55. The Labute approximate surface area is 133 Å². The van der Waals surface area contributed by atoms with E-state index in [0.29, 0.717) is 6.04 Å². The lowest BCUT2D eigenvalue weighted by Gasteiger charge is -2.42. The fraction of sp³-hybridized carbons (Fsp3) is 0.667. The van der Waals surface area contributed by atoms with E-state index in [1.165, 1.54) is 56.0 Å². The number of hydrogen-bond donors (Lipinski definition) is 0. The van der Waals surface area contributed by atoms with Gasteiger partial charge in [-0.3, -0.25) is 4.90 Å². The number of rotatable bonds is 4. The molecule has 1 saturated heterocycles. The number of likely N-dealkylation sites (tertiary alicyclic amines) is 1. The van der Waals surface area contributed by atoms with Crippen LogP contribution in [0, 0.1) is 0 Å². The maximum absolute atomic E-state index is 2.68. The molecule has 3 rings (SSSR count). The minimum atomic E-state index is 0.630. The topological polar surface area (TPSA) is 6.48 Å². The second kappa shape index (κ2) is 7.17. The van der Waals surface area contributed by atoms with Gasteiger partial charge in [0.05, 0.1) is 0 Å². The van der Waals surface area contributed by atoms with Gasteiger partial charge in [-0.15, -0.1) is 11.8 Å². The molecule has 0 bridgehead atoms. The third kappa shape index (κ3) is 3.46. The average molecular weight is 305 g/mol. The second-order valence-corrected chi connectivity index (χ2v) is 7.57. The van der Waals surface area contributed by atoms with Gasteiger partial charge in [0.25, 0.3) is 0 Å². The molecule has 3 heteroatoms. The van der Waals surface area contributed by atoms with Crippen molar-refractivity contribution < 1.29 is 0 Å². The zero-order chi connectivity index (χ0) is 14.7. The first-order valence-electron chi connectivity index (χ1n) is 8.45. The van der Waals surface area contributed by atoms with Crippen molar-refractivity contribution in [2.45, 2.75) is 49.6 Å². The van der Waals surface area contributed by atoms with Crippen LogP contribution in [0.4, 0.5) is 0 Å². The van der Waals surface area contributed by atoms with E-state index in [-0.39, 0.29) is 0 Å². The number of piperidine rings is 1. The molecular formula is C18H28N2S. The molecule has 0 aliphatic carbocycles. The van der Waals surface area contributed by atoms with Crippen LogP contribution in [-0.4, -0.2) is 48.3 Å². The van der Waals surface area contributed by atoms with Gasteiger partial charge in [-0.2, -0.15) is 0 Å². The third-order valence-corrected chi connectivity index (χ3v) is 6.21. The van der Waals surface area contributed by atoms with Crippen LogP contribution in [-0.2, 0) is 0 Å². The molecule has 0 amide bonds. The summed E-state index contributed by atoms with van der Waals surface area (Å²) in [6.45, 7) is 6.13. The molecule has 21 heavy (non-hydrogen) atoms. The smallest absolute Gasteiger partial charge is 0.0367 e. The summed E-state index contributed by atoms with van der Waals surface area (Å²) in [6.07, 6.45) is 5.26. The summed E-state index contributed by atoms with van der Waals surface area (Å²) in [5.41, 5.74) is 1.56. The first kappa shape index (κ1) is 15.4. The van der Waals surface area contributed by atoms with Crippen molar-refractivity contribution in [1.82, 2.24) is 9.80 Å². The summed E-state index contributed by atoms with van der Waals surface area (Å²) in [6, 6.07) is 10.4. The highest BCUT2D eigenvalue weighted by molar-refractivity contribution is 7.99. The van der Waals surface area contributed by atoms with Crippen LogP contribution in [0.3, 0.4) is 0 Å². The van der Waals surface area contributed by atoms with E-state index in [1.807, 2.05) is 11.8 Å². The summed E-state index contributed by atoms with van der Waals surface area (Å²) >= 11 is 2.03. The lowest BCUT2D eigenvalue weighted by atomic mass is 9.96. The highest BCUT2D eigenvalue weighted by Crippen LogP contribution is 2.40. The number of benzene rings is 1. The lowest BCUT2D eigenvalue weighted by Crippen LogP contribution is -2.45. The van der Waals surface area contributed by atoms with E-state index >= 15 is 0 Å². The normalized spacial score (nSPS) is 24.2. The standard InChI is InChI=1S/C18H28N2S/c1-3-11-20-12-8-15(9-13-20)19(2)17-10-14-21-18-7-5-4-6-16(17)18/h4-7,15,17H,3,8-14H2,1-2H3/t17-/m0/s1. The lowest BCUT2D eigenvalue weighted by molar-refractivity contribution is 0.0929. The maximum Gasteiger partial charge on any atom is 0.0367 e. The van der Waals surface area contributed by atoms with Crippen LogP contribution in [0.1, 0.15) is 44.2 Å². The minimum absolute atomic E-state index is 0.630. The molecular weight excluding hydrogens is 276 g/mol. The Morgan fingerprint density at radius 1 is 1.19 bits per heavy atom. The molecule has 1 aromatic rings. The van der Waals surface area contributed by atoms with Gasteiger partial charge < -0.3 is 4.90 Å². The Hall–Kier alpha value is -0.510. The molecule has 2 heterocycles. The summed E-state index contributed by atoms with van der Waals surface area (Å²) in [7, 11) is 2.36. The van der Waals surface area contributed by atoms with E-state index in [2.05, 4.69) is 48.0 Å². The molecule has 1 aromatic carbocycles. The van der Waals surface area contributed by atoms with E-state index in [9.17, 15) is 0 Å². The molecule has 0 spiro atoms. The van der Waals surface area contributed by atoms with Gasteiger partial charge in [0, 0.05) is 17.0 Å². The van der Waals surface area contributed by atoms with E-state index in [4.69, 9.17) is 0 Å². The van der Waals surface area contributed by atoms with Gasteiger partial charge in [-0.05, 0) is 69.7 Å². The Morgan fingerprint density at radius 2 is 1.95 bits per heavy atom. The third-order valence-electron chi connectivity index (χ3n) is 5.09. The zero-order valence-electron chi connectivity index (χ0n) is 13.4. The molecule has 116 valence electrons. The van der Waals surface area contributed by atoms with Gasteiger partial charge >= 0.3 is 0 Å². The molecule has 0 unspecified atom stereocenters. The number of thioether (sulfide) groups is 1. The molecule has 1 atom stereocenters. The summed E-state index contributed by atoms with van der Waals surface area (Å²) < 4.78 is 0. The van der Waals surface area contributed by atoms with Gasteiger partial charge in [0.15, 0.2) is 0 Å². The predicted molar refractivity (Wildman–Crippen MR) is 92.0 cm³/mol. The zero-order valence-corrected chi connectivity index (χ0v) is 14.2. The molecule has 2 aliphatic heterocycles. The van der Waals surface area contributed by atoms with Crippen molar-refractivity contribution in [3.63, 3.8) is 0 Å². The second-order valence-electron chi connectivity index (χ2n) is 6.43. The molecule has 0 aromatic heterocycles. The first-order chi connectivity index (χ1) is 10.3. The van der Waals surface area contributed by atoms with E-state index in [1.54, 1.807) is 5.56 Å². The highest BCUT2D eigenvalue weighted by Gasteiger charge is 2.30. The molecule has 0 saturated carbocycles. The molecule has 2 nitrogen and oxygen atoms in total. The van der Waals surface area contributed by atoms with E-state index in [0.717, 1.165) is 6.04 Å². The van der Waals surface area contributed by atoms with Crippen molar-refractivity contribution in [2.24, 2.45) is 0 Å². The summed E-state index contributed by atoms with van der Waals surface area (Å²) in [4.78, 5) is 6.82. The quantitative estimate of drug-likeness (QED) is 0.829. The summed E-state index contributed by atoms with van der Waals surface area (Å²) in [5, 5.41) is 0. The Kier molecular flexibility index (Phi) is 5.25. The fourth-order valence-electron chi connectivity index (χ4n) is 3.87. The van der Waals surface area contributed by atoms with Crippen molar-refractivity contribution in [1.29, 1.82) is 0 Å². The fourth-order valence-corrected chi connectivity index (χ4v) is 4.97. The van der Waals surface area contributed by atoms with E-state index < -0.39 is 0 Å². The first-order valence-corrected chi connectivity index (χ1v) is 9.44. The highest BCUT2D eigenvalue weighted by atomic mass is 32.2. The van der Waals surface area contributed by atoms with Crippen LogP contribution in [0.25, 0.3) is 0 Å². The SMILES string of the molecule is CCCN1CCC(N(C)[C@H]2CCSc3ccccc32)CC1. The van der Waals surface area contributed by atoms with Crippen molar-refractivity contribution in [3.05, 3.63) is 29.8 Å². The Morgan fingerprint density at radius 3 is 2.71 bits per heavy atom. The van der Waals surface area contributed by atoms with Crippen LogP contribution >= 0.6 is 11.8 Å². The molecule has 0 N–H and O–H groups in total.